The summed E-state index contributed by atoms with van der Waals surface area (Å²) in [6.07, 6.45) is 0. The van der Waals surface area contributed by atoms with Gasteiger partial charge in [-0.1, -0.05) is 188 Å². The number of fused-ring (bicyclic) bond motifs is 4. The Hall–Kier alpha value is -7.16. The first-order valence-corrected chi connectivity index (χ1v) is 18.4. The molecule has 0 aliphatic rings. The minimum atomic E-state index is 0.705. The summed E-state index contributed by atoms with van der Waals surface area (Å²) in [7, 11) is 0. The molecule has 1 aromatic heterocycles. The van der Waals surface area contributed by atoms with Crippen LogP contribution in [-0.4, -0.2) is 9.97 Å². The Bertz CT molecular complexity index is 2950. The zero-order valence-electron chi connectivity index (χ0n) is 29.5. The molecule has 9 aromatic carbocycles. The van der Waals surface area contributed by atoms with Gasteiger partial charge in [0, 0.05) is 16.7 Å². The van der Waals surface area contributed by atoms with Crippen molar-refractivity contribution in [3.8, 4) is 67.3 Å². The molecule has 10 aromatic rings. The highest BCUT2D eigenvalue weighted by molar-refractivity contribution is 6.20. The molecule has 0 amide bonds. The fourth-order valence-electron chi connectivity index (χ4n) is 7.74. The molecule has 2 nitrogen and oxygen atoms in total. The fourth-order valence-corrected chi connectivity index (χ4v) is 7.74. The monoisotopic (exact) mass is 686 g/mol. The number of benzene rings is 9. The summed E-state index contributed by atoms with van der Waals surface area (Å²) in [5.74, 6) is 0.705. The Kier molecular flexibility index (Phi) is 7.85. The van der Waals surface area contributed by atoms with Gasteiger partial charge in [-0.2, -0.15) is 0 Å². The van der Waals surface area contributed by atoms with Crippen molar-refractivity contribution in [2.75, 3.05) is 0 Å². The van der Waals surface area contributed by atoms with Crippen molar-refractivity contribution >= 4 is 32.3 Å². The van der Waals surface area contributed by atoms with Crippen molar-refractivity contribution in [1.29, 1.82) is 0 Å². The van der Waals surface area contributed by atoms with Crippen LogP contribution in [0.5, 0.6) is 0 Å². The molecule has 0 fully saturated rings. The fraction of sp³-hybridized carbons (Fsp3) is 0. The van der Waals surface area contributed by atoms with Gasteiger partial charge in [-0.25, -0.2) is 9.97 Å². The lowest BCUT2D eigenvalue weighted by atomic mass is 9.89. The molecule has 0 saturated heterocycles. The third-order valence-electron chi connectivity index (χ3n) is 10.5. The highest BCUT2D eigenvalue weighted by Gasteiger charge is 2.15. The lowest BCUT2D eigenvalue weighted by molar-refractivity contribution is 1.18. The molecule has 0 bridgehead atoms. The Morgan fingerprint density at radius 2 is 0.759 bits per heavy atom. The van der Waals surface area contributed by atoms with Gasteiger partial charge in [0.15, 0.2) is 5.82 Å². The SMILES string of the molecule is c1ccc(-c2ccc(-c3cccc(-c4cc(-c5ccc(-c6c7ccccc7cc7c6ccc6ccccc67)cc5)nc(-c5ccccc5)n4)c3)cc2)cc1. The summed E-state index contributed by atoms with van der Waals surface area (Å²) in [4.78, 5) is 10.3. The van der Waals surface area contributed by atoms with Crippen LogP contribution >= 0.6 is 0 Å². The van der Waals surface area contributed by atoms with E-state index < -0.39 is 0 Å². The van der Waals surface area contributed by atoms with Gasteiger partial charge in [0.25, 0.3) is 0 Å². The quantitative estimate of drug-likeness (QED) is 0.129. The predicted molar refractivity (Wildman–Crippen MR) is 227 cm³/mol. The van der Waals surface area contributed by atoms with E-state index in [4.69, 9.17) is 9.97 Å². The predicted octanol–water partition coefficient (Wildman–Crippen LogP) is 13.9. The van der Waals surface area contributed by atoms with Crippen LogP contribution in [0.15, 0.2) is 206 Å². The number of nitrogens with zero attached hydrogens (tertiary/aromatic N) is 2. The van der Waals surface area contributed by atoms with E-state index in [1.807, 2.05) is 18.2 Å². The molecule has 0 N–H and O–H groups in total. The highest BCUT2D eigenvalue weighted by atomic mass is 14.9. The van der Waals surface area contributed by atoms with Crippen LogP contribution in [0.1, 0.15) is 0 Å². The average molecular weight is 687 g/mol. The summed E-state index contributed by atoms with van der Waals surface area (Å²) in [5.41, 5.74) is 12.0. The second-order valence-electron chi connectivity index (χ2n) is 13.8. The molecule has 252 valence electrons. The zero-order chi connectivity index (χ0) is 35.8. The average Bonchev–Trinajstić information content (AvgIpc) is 3.26. The molecule has 0 aliphatic carbocycles. The van der Waals surface area contributed by atoms with Gasteiger partial charge in [-0.05, 0) is 83.9 Å². The molecule has 0 atom stereocenters. The third kappa shape index (κ3) is 5.81. The largest absolute Gasteiger partial charge is 0.228 e. The summed E-state index contributed by atoms with van der Waals surface area (Å²) < 4.78 is 0. The van der Waals surface area contributed by atoms with E-state index in [1.165, 1.54) is 60.1 Å². The first-order chi connectivity index (χ1) is 26.7. The molecule has 10 rings (SSSR count). The second kappa shape index (κ2) is 13.4. The summed E-state index contributed by atoms with van der Waals surface area (Å²) in [5, 5.41) is 7.54. The van der Waals surface area contributed by atoms with Crippen LogP contribution in [-0.2, 0) is 0 Å². The summed E-state index contributed by atoms with van der Waals surface area (Å²) in [6.45, 7) is 0. The molecule has 1 heterocycles. The second-order valence-corrected chi connectivity index (χ2v) is 13.8. The van der Waals surface area contributed by atoms with E-state index in [1.54, 1.807) is 0 Å². The Balaban J connectivity index is 1.06. The molecule has 54 heavy (non-hydrogen) atoms. The number of rotatable bonds is 6. The van der Waals surface area contributed by atoms with Crippen LogP contribution in [0.4, 0.5) is 0 Å². The van der Waals surface area contributed by atoms with Crippen LogP contribution in [0.25, 0.3) is 99.6 Å². The maximum atomic E-state index is 5.14. The van der Waals surface area contributed by atoms with Gasteiger partial charge in [0.05, 0.1) is 11.4 Å². The van der Waals surface area contributed by atoms with Crippen molar-refractivity contribution < 1.29 is 0 Å². The van der Waals surface area contributed by atoms with Crippen LogP contribution in [0.2, 0.25) is 0 Å². The topological polar surface area (TPSA) is 25.8 Å². The molecular weight excluding hydrogens is 653 g/mol. The number of hydrogen-bond donors (Lipinski definition) is 0. The van der Waals surface area contributed by atoms with Crippen molar-refractivity contribution in [2.45, 2.75) is 0 Å². The highest BCUT2D eigenvalue weighted by Crippen LogP contribution is 2.40. The third-order valence-corrected chi connectivity index (χ3v) is 10.5. The van der Waals surface area contributed by atoms with Crippen LogP contribution in [0, 0.1) is 0 Å². The van der Waals surface area contributed by atoms with Crippen molar-refractivity contribution in [3.05, 3.63) is 206 Å². The Morgan fingerprint density at radius 1 is 0.241 bits per heavy atom. The summed E-state index contributed by atoms with van der Waals surface area (Å²) in [6, 6.07) is 73.5. The minimum Gasteiger partial charge on any atom is -0.228 e. The van der Waals surface area contributed by atoms with Gasteiger partial charge in [0.1, 0.15) is 0 Å². The first kappa shape index (κ1) is 31.6. The smallest absolute Gasteiger partial charge is 0.160 e. The van der Waals surface area contributed by atoms with E-state index in [-0.39, 0.29) is 0 Å². The number of hydrogen-bond acceptors (Lipinski definition) is 2. The maximum Gasteiger partial charge on any atom is 0.160 e. The normalized spacial score (nSPS) is 11.3. The zero-order valence-corrected chi connectivity index (χ0v) is 29.5. The van der Waals surface area contributed by atoms with E-state index in [2.05, 4.69) is 188 Å². The first-order valence-electron chi connectivity index (χ1n) is 18.4. The Labute approximate surface area is 314 Å². The van der Waals surface area contributed by atoms with Gasteiger partial charge >= 0.3 is 0 Å². The molecule has 0 unspecified atom stereocenters. The van der Waals surface area contributed by atoms with Crippen LogP contribution < -0.4 is 0 Å². The van der Waals surface area contributed by atoms with Crippen molar-refractivity contribution in [2.24, 2.45) is 0 Å². The van der Waals surface area contributed by atoms with Gasteiger partial charge < -0.3 is 0 Å². The summed E-state index contributed by atoms with van der Waals surface area (Å²) >= 11 is 0. The molecule has 0 aliphatic heterocycles. The maximum absolute atomic E-state index is 5.14. The van der Waals surface area contributed by atoms with E-state index >= 15 is 0 Å². The lowest BCUT2D eigenvalue weighted by Gasteiger charge is -2.15. The van der Waals surface area contributed by atoms with E-state index in [0.717, 1.165) is 33.6 Å². The van der Waals surface area contributed by atoms with Gasteiger partial charge in [0.2, 0.25) is 0 Å². The Morgan fingerprint density at radius 3 is 1.50 bits per heavy atom. The standard InChI is InChI=1S/C52H34N2/c1-3-12-35(13-4-1)36-22-24-37(25-23-36)42-18-11-19-44(32-42)50-34-49(53-52(54-50)41-15-5-2-6-16-41)39-26-28-40(29-27-39)51-46-21-10-8-17-43(46)33-48-45-20-9-7-14-38(45)30-31-47(48)51/h1-34H. The van der Waals surface area contributed by atoms with Crippen LogP contribution in [0.3, 0.4) is 0 Å². The molecule has 2 heteroatoms. The molecule has 0 saturated carbocycles. The number of aromatic nitrogens is 2. The van der Waals surface area contributed by atoms with Crippen molar-refractivity contribution in [3.63, 3.8) is 0 Å². The molecular formula is C52H34N2. The molecule has 0 radical (unpaired) electrons. The lowest BCUT2D eigenvalue weighted by Crippen LogP contribution is -1.96. The van der Waals surface area contributed by atoms with E-state index in [9.17, 15) is 0 Å². The van der Waals surface area contributed by atoms with Crippen molar-refractivity contribution in [1.82, 2.24) is 9.97 Å². The molecule has 0 spiro atoms. The van der Waals surface area contributed by atoms with Gasteiger partial charge in [-0.15, -0.1) is 0 Å². The minimum absolute atomic E-state index is 0.705. The van der Waals surface area contributed by atoms with E-state index in [0.29, 0.717) is 5.82 Å². The van der Waals surface area contributed by atoms with Gasteiger partial charge in [-0.3, -0.25) is 0 Å².